The number of nitrogens with zero attached hydrogens (tertiary/aromatic N) is 1. The van der Waals surface area contributed by atoms with Crippen LogP contribution in [0.25, 0.3) is 11.4 Å². The van der Waals surface area contributed by atoms with E-state index in [4.69, 9.17) is 33.9 Å². The Kier molecular flexibility index (Phi) is 4.42. The fourth-order valence-corrected chi connectivity index (χ4v) is 3.50. The van der Waals surface area contributed by atoms with Gasteiger partial charge in [-0.1, -0.05) is 23.2 Å². The molecule has 0 aliphatic carbocycles. The molecule has 120 valence electrons. The molecule has 0 spiro atoms. The quantitative estimate of drug-likeness (QED) is 0.756. The van der Waals surface area contributed by atoms with Crippen LogP contribution >= 0.6 is 33.9 Å². The number of H-pyrrole nitrogens is 1. The van der Waals surface area contributed by atoms with Crippen molar-refractivity contribution in [3.63, 3.8) is 0 Å². The maximum absolute atomic E-state index is 12.7. The second-order valence-corrected chi connectivity index (χ2v) is 7.56. The van der Waals surface area contributed by atoms with Crippen molar-refractivity contribution in [2.75, 3.05) is 0 Å². The van der Waals surface area contributed by atoms with Gasteiger partial charge in [0.25, 0.3) is 9.05 Å². The second kappa shape index (κ2) is 5.59. The van der Waals surface area contributed by atoms with E-state index in [0.717, 1.165) is 0 Å². The predicted molar refractivity (Wildman–Crippen MR) is 76.8 cm³/mol. The molecule has 2 rings (SSSR count). The Hall–Kier alpha value is -0.960. The molecule has 4 nitrogen and oxygen atoms in total. The van der Waals surface area contributed by atoms with Crippen LogP contribution in [-0.4, -0.2) is 18.4 Å². The highest BCUT2D eigenvalue weighted by molar-refractivity contribution is 8.13. The first-order chi connectivity index (χ1) is 9.91. The maximum atomic E-state index is 12.7. The van der Waals surface area contributed by atoms with E-state index in [1.807, 2.05) is 0 Å². The van der Waals surface area contributed by atoms with Gasteiger partial charge >= 0.3 is 6.18 Å². The zero-order chi connectivity index (χ0) is 16.9. The topological polar surface area (TPSA) is 62.8 Å². The fraction of sp³-hybridized carbons (Fsp3) is 0.182. The van der Waals surface area contributed by atoms with Gasteiger partial charge in [-0.3, -0.25) is 0 Å². The molecule has 0 aliphatic rings. The number of rotatable bonds is 2. The standard InChI is InChI=1S/C11H6Cl3F3N2O2S/c1-4-10(22(14,20)21)19-9(18-4)8-6(12)2-5(3-7(8)13)11(15,16)17/h2-3H,1H3,(H,18,19). The van der Waals surface area contributed by atoms with Crippen molar-refractivity contribution in [3.05, 3.63) is 33.4 Å². The van der Waals surface area contributed by atoms with Crippen molar-refractivity contribution in [2.45, 2.75) is 18.1 Å². The molecular formula is C11H6Cl3F3N2O2S. The SMILES string of the molecule is Cc1[nH]c(-c2c(Cl)cc(C(F)(F)F)cc2Cl)nc1S(=O)(=O)Cl. The third kappa shape index (κ3) is 3.34. The highest BCUT2D eigenvalue weighted by atomic mass is 35.7. The van der Waals surface area contributed by atoms with Crippen LogP contribution < -0.4 is 0 Å². The Balaban J connectivity index is 2.65. The molecule has 0 amide bonds. The first-order valence-electron chi connectivity index (χ1n) is 5.49. The van der Waals surface area contributed by atoms with Crippen molar-refractivity contribution >= 4 is 42.9 Å². The van der Waals surface area contributed by atoms with Gasteiger partial charge in [0.2, 0.25) is 0 Å². The molecule has 0 radical (unpaired) electrons. The first-order valence-corrected chi connectivity index (χ1v) is 8.55. The monoisotopic (exact) mass is 392 g/mol. The van der Waals surface area contributed by atoms with Crippen molar-refractivity contribution in [3.8, 4) is 11.4 Å². The van der Waals surface area contributed by atoms with Gasteiger partial charge in [0, 0.05) is 10.7 Å². The molecule has 0 fully saturated rings. The largest absolute Gasteiger partial charge is 0.416 e. The van der Waals surface area contributed by atoms with E-state index in [0.29, 0.717) is 12.1 Å². The highest BCUT2D eigenvalue weighted by Gasteiger charge is 2.32. The highest BCUT2D eigenvalue weighted by Crippen LogP contribution is 2.40. The van der Waals surface area contributed by atoms with E-state index in [1.165, 1.54) is 6.92 Å². The molecule has 0 saturated carbocycles. The minimum absolute atomic E-state index is 0.0500. The van der Waals surface area contributed by atoms with E-state index < -0.39 is 25.8 Å². The van der Waals surface area contributed by atoms with Crippen molar-refractivity contribution in [1.82, 2.24) is 9.97 Å². The van der Waals surface area contributed by atoms with Crippen molar-refractivity contribution in [1.29, 1.82) is 0 Å². The molecular weight excluding hydrogens is 388 g/mol. The van der Waals surface area contributed by atoms with Crippen molar-refractivity contribution in [2.24, 2.45) is 0 Å². The lowest BCUT2D eigenvalue weighted by Gasteiger charge is -2.10. The van der Waals surface area contributed by atoms with Crippen LogP contribution in [0.5, 0.6) is 0 Å². The maximum Gasteiger partial charge on any atom is 0.416 e. The van der Waals surface area contributed by atoms with Gasteiger partial charge in [-0.2, -0.15) is 13.2 Å². The zero-order valence-electron chi connectivity index (χ0n) is 10.6. The molecule has 22 heavy (non-hydrogen) atoms. The van der Waals surface area contributed by atoms with Gasteiger partial charge in [-0.25, -0.2) is 13.4 Å². The summed E-state index contributed by atoms with van der Waals surface area (Å²) < 4.78 is 60.7. The second-order valence-electron chi connectivity index (χ2n) is 4.27. The number of alkyl halides is 3. The van der Waals surface area contributed by atoms with Crippen LogP contribution in [0.15, 0.2) is 17.2 Å². The molecule has 1 aromatic carbocycles. The molecule has 1 N–H and O–H groups in total. The van der Waals surface area contributed by atoms with E-state index in [2.05, 4.69) is 9.97 Å². The normalized spacial score (nSPS) is 12.7. The molecule has 0 saturated heterocycles. The summed E-state index contributed by atoms with van der Waals surface area (Å²) in [4.78, 5) is 6.32. The number of aryl methyl sites for hydroxylation is 1. The number of nitrogens with one attached hydrogen (secondary N) is 1. The number of hydrogen-bond donors (Lipinski definition) is 1. The van der Waals surface area contributed by atoms with Gasteiger partial charge in [0.1, 0.15) is 5.82 Å². The number of aromatic amines is 1. The minimum atomic E-state index is -4.62. The minimum Gasteiger partial charge on any atom is -0.341 e. The molecule has 0 aliphatic heterocycles. The van der Waals surface area contributed by atoms with Crippen LogP contribution in [0.3, 0.4) is 0 Å². The van der Waals surface area contributed by atoms with Crippen LogP contribution in [0.4, 0.5) is 13.2 Å². The van der Waals surface area contributed by atoms with Gasteiger partial charge in [-0.05, 0) is 19.1 Å². The number of imidazole rings is 1. The zero-order valence-corrected chi connectivity index (χ0v) is 13.7. The third-order valence-corrected chi connectivity index (χ3v) is 4.57. The van der Waals surface area contributed by atoms with Gasteiger partial charge in [0.05, 0.1) is 26.9 Å². The van der Waals surface area contributed by atoms with Gasteiger partial charge < -0.3 is 4.98 Å². The fourth-order valence-electron chi connectivity index (χ4n) is 1.76. The summed E-state index contributed by atoms with van der Waals surface area (Å²) in [6, 6.07) is 1.35. The summed E-state index contributed by atoms with van der Waals surface area (Å²) in [6.45, 7) is 1.39. The Labute approximate surface area is 137 Å². The van der Waals surface area contributed by atoms with Gasteiger partial charge in [0.15, 0.2) is 5.03 Å². The Morgan fingerprint density at radius 1 is 1.18 bits per heavy atom. The number of aromatic nitrogens is 2. The summed E-state index contributed by atoms with van der Waals surface area (Å²) in [5, 5.41) is -1.10. The number of hydrogen-bond acceptors (Lipinski definition) is 3. The Morgan fingerprint density at radius 3 is 2.05 bits per heavy atom. The lowest BCUT2D eigenvalue weighted by molar-refractivity contribution is -0.137. The van der Waals surface area contributed by atoms with E-state index >= 15 is 0 Å². The summed E-state index contributed by atoms with van der Waals surface area (Å²) in [5.74, 6) is -0.0968. The molecule has 11 heteroatoms. The molecule has 0 atom stereocenters. The number of benzene rings is 1. The Bertz CT molecular complexity index is 824. The average molecular weight is 394 g/mol. The lowest BCUT2D eigenvalue weighted by Crippen LogP contribution is -2.05. The van der Waals surface area contributed by atoms with Gasteiger partial charge in [-0.15, -0.1) is 0 Å². The molecule has 0 unspecified atom stereocenters. The van der Waals surface area contributed by atoms with Crippen LogP contribution in [0, 0.1) is 6.92 Å². The average Bonchev–Trinajstić information content (AvgIpc) is 2.68. The summed E-state index contributed by atoms with van der Waals surface area (Å²) in [7, 11) is 1.09. The van der Waals surface area contributed by atoms with E-state index in [1.54, 1.807) is 0 Å². The molecule has 1 aromatic heterocycles. The smallest absolute Gasteiger partial charge is 0.341 e. The molecule has 1 heterocycles. The van der Waals surface area contributed by atoms with E-state index in [-0.39, 0.29) is 27.1 Å². The lowest BCUT2D eigenvalue weighted by atomic mass is 10.1. The Morgan fingerprint density at radius 2 is 1.68 bits per heavy atom. The number of halogens is 6. The molecule has 2 aromatic rings. The summed E-state index contributed by atoms with van der Waals surface area (Å²) in [5.41, 5.74) is -0.970. The third-order valence-electron chi connectivity index (χ3n) is 2.68. The summed E-state index contributed by atoms with van der Waals surface area (Å²) in [6.07, 6.45) is -4.62. The molecule has 0 bridgehead atoms. The van der Waals surface area contributed by atoms with Crippen LogP contribution in [0.2, 0.25) is 10.0 Å². The van der Waals surface area contributed by atoms with Crippen LogP contribution in [0.1, 0.15) is 11.3 Å². The first kappa shape index (κ1) is 17.4. The van der Waals surface area contributed by atoms with E-state index in [9.17, 15) is 21.6 Å². The summed E-state index contributed by atoms with van der Waals surface area (Å²) >= 11 is 11.6. The van der Waals surface area contributed by atoms with Crippen molar-refractivity contribution < 1.29 is 21.6 Å². The predicted octanol–water partition coefficient (Wildman–Crippen LogP) is 4.64. The van der Waals surface area contributed by atoms with Crippen LogP contribution in [-0.2, 0) is 15.2 Å².